The molecule has 132 valence electrons. The summed E-state index contributed by atoms with van der Waals surface area (Å²) in [6, 6.07) is 11.6. The molecule has 0 N–H and O–H groups in total. The molecular weight excluding hydrogens is 404 g/mol. The van der Waals surface area contributed by atoms with E-state index in [2.05, 4.69) is 15.9 Å². The molecule has 7 nitrogen and oxygen atoms in total. The van der Waals surface area contributed by atoms with Gasteiger partial charge in [-0.05, 0) is 29.8 Å². The van der Waals surface area contributed by atoms with E-state index in [1.807, 2.05) is 0 Å². The van der Waals surface area contributed by atoms with Crippen molar-refractivity contribution < 1.29 is 19.3 Å². The number of carbonyl (C=O) groups is 3. The number of imide groups is 1. The third-order valence-electron chi connectivity index (χ3n) is 4.32. The molecule has 2 amide bonds. The zero-order chi connectivity index (χ0) is 18.8. The first kappa shape index (κ1) is 17.9. The molecule has 8 heteroatoms. The van der Waals surface area contributed by atoms with Crippen LogP contribution in [-0.4, -0.2) is 40.5 Å². The van der Waals surface area contributed by atoms with Crippen LogP contribution in [0, 0.1) is 10.1 Å². The number of fused-ring (bicyclic) bond motifs is 1. The second-order valence-electron chi connectivity index (χ2n) is 5.83. The van der Waals surface area contributed by atoms with E-state index in [1.54, 1.807) is 36.4 Å². The molecule has 0 aliphatic carbocycles. The quantitative estimate of drug-likeness (QED) is 0.312. The second-order valence-corrected chi connectivity index (χ2v) is 6.74. The molecule has 1 aliphatic rings. The summed E-state index contributed by atoms with van der Waals surface area (Å²) in [7, 11) is 0. The van der Waals surface area contributed by atoms with Crippen LogP contribution in [0.1, 0.15) is 32.2 Å². The van der Waals surface area contributed by atoms with Crippen LogP contribution in [0.25, 0.3) is 0 Å². The van der Waals surface area contributed by atoms with Gasteiger partial charge >= 0.3 is 0 Å². The number of benzene rings is 2. The highest BCUT2D eigenvalue weighted by Gasteiger charge is 2.44. The molecule has 0 bridgehead atoms. The van der Waals surface area contributed by atoms with Crippen molar-refractivity contribution in [2.75, 3.05) is 6.54 Å². The first-order valence-corrected chi connectivity index (χ1v) is 8.53. The fourth-order valence-corrected chi connectivity index (χ4v) is 3.36. The summed E-state index contributed by atoms with van der Waals surface area (Å²) >= 11 is 3.28. The Morgan fingerprint density at radius 2 is 1.58 bits per heavy atom. The molecule has 1 heterocycles. The Morgan fingerprint density at radius 1 is 1.04 bits per heavy atom. The van der Waals surface area contributed by atoms with Gasteiger partial charge in [-0.25, -0.2) is 0 Å². The molecule has 3 rings (SSSR count). The molecule has 2 aromatic carbocycles. The standard InChI is InChI=1S/C18H13BrN2O5/c19-12-7-5-11(6-8-12)15(9-20(25)26)16(10-22)21-17(23)13-3-1-2-4-14(13)18(21)24/h1-8,10,15-16H,9H2/t15-,16+/m1/s1. The van der Waals surface area contributed by atoms with E-state index in [4.69, 9.17) is 0 Å². The number of nitro groups is 1. The lowest BCUT2D eigenvalue weighted by Crippen LogP contribution is -2.46. The SMILES string of the molecule is O=C[C@@H]([C@H](C[N+](=O)[O-])c1ccc(Br)cc1)N1C(=O)c2ccccc2C1=O. The first-order valence-electron chi connectivity index (χ1n) is 7.73. The first-order chi connectivity index (χ1) is 12.4. The highest BCUT2D eigenvalue weighted by molar-refractivity contribution is 9.10. The van der Waals surface area contributed by atoms with Crippen molar-refractivity contribution in [3.8, 4) is 0 Å². The van der Waals surface area contributed by atoms with E-state index in [0.29, 0.717) is 11.8 Å². The van der Waals surface area contributed by atoms with Crippen LogP contribution >= 0.6 is 15.9 Å². The van der Waals surface area contributed by atoms with Gasteiger partial charge in [0.05, 0.1) is 17.0 Å². The third kappa shape index (κ3) is 3.15. The largest absolute Gasteiger partial charge is 0.301 e. The van der Waals surface area contributed by atoms with E-state index >= 15 is 0 Å². The van der Waals surface area contributed by atoms with Crippen molar-refractivity contribution in [1.29, 1.82) is 0 Å². The van der Waals surface area contributed by atoms with E-state index in [9.17, 15) is 24.5 Å². The number of carbonyl (C=O) groups excluding carboxylic acids is 3. The maximum absolute atomic E-state index is 12.7. The van der Waals surface area contributed by atoms with E-state index in [0.717, 1.165) is 9.37 Å². The number of amides is 2. The average Bonchev–Trinajstić information content (AvgIpc) is 2.87. The third-order valence-corrected chi connectivity index (χ3v) is 4.85. The number of nitrogens with zero attached hydrogens (tertiary/aromatic N) is 2. The van der Waals surface area contributed by atoms with E-state index in [-0.39, 0.29) is 11.1 Å². The fourth-order valence-electron chi connectivity index (χ4n) is 3.10. The molecule has 26 heavy (non-hydrogen) atoms. The van der Waals surface area contributed by atoms with Gasteiger partial charge in [-0.1, -0.05) is 40.2 Å². The molecule has 0 fully saturated rings. The van der Waals surface area contributed by atoms with Gasteiger partial charge in [0.1, 0.15) is 12.3 Å². The topological polar surface area (TPSA) is 97.6 Å². The van der Waals surface area contributed by atoms with E-state index in [1.165, 1.54) is 12.1 Å². The van der Waals surface area contributed by atoms with Crippen LogP contribution in [0.4, 0.5) is 0 Å². The van der Waals surface area contributed by atoms with Gasteiger partial charge < -0.3 is 4.79 Å². The Hall–Kier alpha value is -2.87. The number of aldehydes is 1. The molecular formula is C18H13BrN2O5. The lowest BCUT2D eigenvalue weighted by Gasteiger charge is -2.27. The predicted molar refractivity (Wildman–Crippen MR) is 95.5 cm³/mol. The van der Waals surface area contributed by atoms with Gasteiger partial charge in [0.15, 0.2) is 0 Å². The Labute approximate surface area is 156 Å². The number of hydrogen-bond donors (Lipinski definition) is 0. The van der Waals surface area contributed by atoms with Crippen molar-refractivity contribution in [3.05, 3.63) is 79.8 Å². The average molecular weight is 417 g/mol. The highest BCUT2D eigenvalue weighted by atomic mass is 79.9. The van der Waals surface area contributed by atoms with Gasteiger partial charge in [-0.3, -0.25) is 24.6 Å². The Morgan fingerprint density at radius 3 is 2.04 bits per heavy atom. The second kappa shape index (κ2) is 7.17. The van der Waals surface area contributed by atoms with Crippen LogP contribution < -0.4 is 0 Å². The van der Waals surface area contributed by atoms with Crippen LogP contribution in [-0.2, 0) is 4.79 Å². The van der Waals surface area contributed by atoms with Crippen molar-refractivity contribution in [2.45, 2.75) is 12.0 Å². The Kier molecular flexibility index (Phi) is 4.94. The monoisotopic (exact) mass is 416 g/mol. The normalized spacial score (nSPS) is 15.5. The summed E-state index contributed by atoms with van der Waals surface area (Å²) < 4.78 is 0.768. The molecule has 0 unspecified atom stereocenters. The van der Waals surface area contributed by atoms with Crippen molar-refractivity contribution in [3.63, 3.8) is 0 Å². The zero-order valence-corrected chi connectivity index (χ0v) is 15.0. The fraction of sp³-hybridized carbons (Fsp3) is 0.167. The predicted octanol–water partition coefficient (Wildman–Crippen LogP) is 2.67. The summed E-state index contributed by atoms with van der Waals surface area (Å²) in [6.07, 6.45) is 0.428. The number of hydrogen-bond acceptors (Lipinski definition) is 5. The number of rotatable bonds is 6. The maximum Gasteiger partial charge on any atom is 0.262 e. The molecule has 2 aromatic rings. The highest BCUT2D eigenvalue weighted by Crippen LogP contribution is 2.31. The smallest absolute Gasteiger partial charge is 0.262 e. The van der Waals surface area contributed by atoms with E-state index < -0.39 is 35.2 Å². The number of halogens is 1. The van der Waals surface area contributed by atoms with Crippen LogP contribution in [0.3, 0.4) is 0 Å². The van der Waals surface area contributed by atoms with Gasteiger partial charge in [-0.2, -0.15) is 0 Å². The molecule has 1 aliphatic heterocycles. The Balaban J connectivity index is 2.03. The molecule has 0 saturated heterocycles. The minimum absolute atomic E-state index is 0.194. The summed E-state index contributed by atoms with van der Waals surface area (Å²) in [4.78, 5) is 48.6. The lowest BCUT2D eigenvalue weighted by molar-refractivity contribution is -0.484. The molecule has 0 spiro atoms. The maximum atomic E-state index is 12.7. The van der Waals surface area contributed by atoms with Crippen molar-refractivity contribution in [1.82, 2.24) is 4.90 Å². The minimum atomic E-state index is -1.27. The molecule has 2 atom stereocenters. The molecule has 0 saturated carbocycles. The van der Waals surface area contributed by atoms with Crippen LogP contribution in [0.5, 0.6) is 0 Å². The zero-order valence-electron chi connectivity index (χ0n) is 13.4. The van der Waals surface area contributed by atoms with Gasteiger partial charge in [0.25, 0.3) is 11.8 Å². The van der Waals surface area contributed by atoms with Gasteiger partial charge in [-0.15, -0.1) is 0 Å². The summed E-state index contributed by atoms with van der Waals surface area (Å²) in [5.41, 5.74) is 0.888. The van der Waals surface area contributed by atoms with Crippen LogP contribution in [0.15, 0.2) is 53.0 Å². The molecule has 0 aromatic heterocycles. The Bertz CT molecular complexity index is 862. The van der Waals surface area contributed by atoms with Crippen molar-refractivity contribution in [2.24, 2.45) is 0 Å². The van der Waals surface area contributed by atoms with Gasteiger partial charge in [0.2, 0.25) is 6.54 Å². The van der Waals surface area contributed by atoms with Crippen LogP contribution in [0.2, 0.25) is 0 Å². The molecule has 0 radical (unpaired) electrons. The minimum Gasteiger partial charge on any atom is -0.301 e. The summed E-state index contributed by atoms with van der Waals surface area (Å²) in [5.74, 6) is -2.18. The lowest BCUT2D eigenvalue weighted by atomic mass is 9.91. The van der Waals surface area contributed by atoms with Gasteiger partial charge in [0, 0.05) is 9.40 Å². The van der Waals surface area contributed by atoms with Crippen molar-refractivity contribution >= 4 is 34.0 Å². The summed E-state index contributed by atoms with van der Waals surface area (Å²) in [5, 5.41) is 11.2. The summed E-state index contributed by atoms with van der Waals surface area (Å²) in [6.45, 7) is -0.585.